The van der Waals surface area contributed by atoms with Crippen molar-refractivity contribution in [2.45, 2.75) is 6.42 Å². The Kier molecular flexibility index (Phi) is 5.72. The second-order valence-electron chi connectivity index (χ2n) is 4.84. The molecule has 9 heteroatoms. The van der Waals surface area contributed by atoms with Gasteiger partial charge in [-0.15, -0.1) is 0 Å². The van der Waals surface area contributed by atoms with Crippen LogP contribution in [0, 0.1) is 0 Å². The molecule has 2 rings (SSSR count). The van der Waals surface area contributed by atoms with E-state index in [0.717, 1.165) is 0 Å². The lowest BCUT2D eigenvalue weighted by Crippen LogP contribution is -2.41. The van der Waals surface area contributed by atoms with Crippen molar-refractivity contribution in [1.82, 2.24) is 10.6 Å². The van der Waals surface area contributed by atoms with Crippen molar-refractivity contribution in [2.75, 3.05) is 31.7 Å². The zero-order valence-corrected chi connectivity index (χ0v) is 13.0. The van der Waals surface area contributed by atoms with Crippen LogP contribution in [0.4, 0.5) is 10.5 Å². The SMILES string of the molecule is CNC(=O)NC(=O)COC(=O)CCN1C(=O)COc2ccccc21. The lowest BCUT2D eigenvalue weighted by atomic mass is 10.2. The van der Waals surface area contributed by atoms with E-state index in [2.05, 4.69) is 5.32 Å². The van der Waals surface area contributed by atoms with Crippen molar-refractivity contribution < 1.29 is 28.7 Å². The molecular formula is C15H17N3O6. The molecule has 2 N–H and O–H groups in total. The summed E-state index contributed by atoms with van der Waals surface area (Å²) in [6, 6.07) is 6.30. The maximum atomic E-state index is 11.9. The molecule has 1 aliphatic rings. The van der Waals surface area contributed by atoms with Crippen LogP contribution in [0.1, 0.15) is 6.42 Å². The number of urea groups is 1. The van der Waals surface area contributed by atoms with E-state index in [1.807, 2.05) is 5.32 Å². The predicted molar refractivity (Wildman–Crippen MR) is 82.5 cm³/mol. The van der Waals surface area contributed by atoms with Gasteiger partial charge in [0.25, 0.3) is 11.8 Å². The van der Waals surface area contributed by atoms with Gasteiger partial charge in [-0.05, 0) is 12.1 Å². The number of nitrogens with zero attached hydrogens (tertiary/aromatic N) is 1. The monoisotopic (exact) mass is 335 g/mol. The zero-order valence-electron chi connectivity index (χ0n) is 13.0. The van der Waals surface area contributed by atoms with Crippen molar-refractivity contribution in [3.05, 3.63) is 24.3 Å². The molecule has 1 aliphatic heterocycles. The first-order chi connectivity index (χ1) is 11.5. The Morgan fingerprint density at radius 3 is 2.79 bits per heavy atom. The molecule has 128 valence electrons. The molecule has 0 bridgehead atoms. The van der Waals surface area contributed by atoms with Crippen LogP contribution in [0.2, 0.25) is 0 Å². The predicted octanol–water partition coefficient (Wildman–Crippen LogP) is -0.199. The largest absolute Gasteiger partial charge is 0.482 e. The van der Waals surface area contributed by atoms with Gasteiger partial charge >= 0.3 is 12.0 Å². The number of para-hydroxylation sites is 2. The van der Waals surface area contributed by atoms with Gasteiger partial charge in [0.15, 0.2) is 13.2 Å². The number of amides is 4. The molecule has 0 aliphatic carbocycles. The Labute approximate surface area is 137 Å². The van der Waals surface area contributed by atoms with Crippen molar-refractivity contribution in [3.8, 4) is 5.75 Å². The van der Waals surface area contributed by atoms with Gasteiger partial charge in [0, 0.05) is 13.6 Å². The molecule has 0 unspecified atom stereocenters. The first-order valence-corrected chi connectivity index (χ1v) is 7.20. The second-order valence-corrected chi connectivity index (χ2v) is 4.84. The normalized spacial score (nSPS) is 12.7. The van der Waals surface area contributed by atoms with Crippen molar-refractivity contribution in [2.24, 2.45) is 0 Å². The van der Waals surface area contributed by atoms with E-state index in [1.54, 1.807) is 24.3 Å². The van der Waals surface area contributed by atoms with Gasteiger partial charge in [0.2, 0.25) is 0 Å². The second kappa shape index (κ2) is 7.95. The van der Waals surface area contributed by atoms with E-state index < -0.39 is 24.5 Å². The number of hydrogen-bond donors (Lipinski definition) is 2. The van der Waals surface area contributed by atoms with Crippen LogP contribution in [0.25, 0.3) is 0 Å². The van der Waals surface area contributed by atoms with Crippen LogP contribution >= 0.6 is 0 Å². The number of imide groups is 1. The van der Waals surface area contributed by atoms with Crippen molar-refractivity contribution in [1.29, 1.82) is 0 Å². The lowest BCUT2D eigenvalue weighted by Gasteiger charge is -2.28. The van der Waals surface area contributed by atoms with Gasteiger partial charge in [0.1, 0.15) is 5.75 Å². The summed E-state index contributed by atoms with van der Waals surface area (Å²) < 4.78 is 10.1. The van der Waals surface area contributed by atoms with E-state index in [4.69, 9.17) is 9.47 Å². The number of ether oxygens (including phenoxy) is 2. The number of esters is 1. The van der Waals surface area contributed by atoms with Crippen molar-refractivity contribution in [3.63, 3.8) is 0 Å². The molecule has 1 aromatic carbocycles. The summed E-state index contributed by atoms with van der Waals surface area (Å²) in [5, 5.41) is 4.16. The number of carbonyl (C=O) groups is 4. The van der Waals surface area contributed by atoms with Gasteiger partial charge in [-0.3, -0.25) is 19.7 Å². The summed E-state index contributed by atoms with van der Waals surface area (Å²) in [6.45, 7) is -0.560. The van der Waals surface area contributed by atoms with Crippen LogP contribution in [0.3, 0.4) is 0 Å². The van der Waals surface area contributed by atoms with E-state index in [0.29, 0.717) is 11.4 Å². The Balaban J connectivity index is 1.83. The molecule has 0 saturated heterocycles. The number of carbonyl (C=O) groups excluding carboxylic acids is 4. The number of hydrogen-bond acceptors (Lipinski definition) is 6. The third-order valence-corrected chi connectivity index (χ3v) is 3.19. The summed E-state index contributed by atoms with van der Waals surface area (Å²) in [7, 11) is 1.35. The maximum Gasteiger partial charge on any atom is 0.321 e. The van der Waals surface area contributed by atoms with E-state index in [9.17, 15) is 19.2 Å². The molecule has 0 spiro atoms. The smallest absolute Gasteiger partial charge is 0.321 e. The van der Waals surface area contributed by atoms with Crippen LogP contribution in [0.15, 0.2) is 24.3 Å². The Bertz CT molecular complexity index is 660. The number of anilines is 1. The van der Waals surface area contributed by atoms with E-state index >= 15 is 0 Å². The number of benzene rings is 1. The molecule has 0 radical (unpaired) electrons. The molecular weight excluding hydrogens is 318 g/mol. The molecule has 9 nitrogen and oxygen atoms in total. The summed E-state index contributed by atoms with van der Waals surface area (Å²) in [5.74, 6) is -1.09. The fraction of sp³-hybridized carbons (Fsp3) is 0.333. The fourth-order valence-corrected chi connectivity index (χ4v) is 2.05. The molecule has 0 fully saturated rings. The Morgan fingerprint density at radius 2 is 2.04 bits per heavy atom. The van der Waals surface area contributed by atoms with Gasteiger partial charge in [0.05, 0.1) is 12.1 Å². The topological polar surface area (TPSA) is 114 Å². The quantitative estimate of drug-likeness (QED) is 0.721. The molecule has 4 amide bonds. The first-order valence-electron chi connectivity index (χ1n) is 7.20. The van der Waals surface area contributed by atoms with Gasteiger partial charge < -0.3 is 19.7 Å². The van der Waals surface area contributed by atoms with Gasteiger partial charge in [-0.25, -0.2) is 4.79 Å². The van der Waals surface area contributed by atoms with E-state index in [1.165, 1.54) is 11.9 Å². The minimum absolute atomic E-state index is 0.0900. The average Bonchev–Trinajstić information content (AvgIpc) is 2.59. The fourth-order valence-electron chi connectivity index (χ4n) is 2.05. The Morgan fingerprint density at radius 1 is 1.29 bits per heavy atom. The summed E-state index contributed by atoms with van der Waals surface area (Å²) in [6.07, 6.45) is -0.0900. The van der Waals surface area contributed by atoms with Crippen LogP contribution in [0.5, 0.6) is 5.75 Å². The highest BCUT2D eigenvalue weighted by atomic mass is 16.5. The zero-order chi connectivity index (χ0) is 17.5. The highest BCUT2D eigenvalue weighted by molar-refractivity contribution is 5.98. The van der Waals surface area contributed by atoms with E-state index in [-0.39, 0.29) is 25.5 Å². The standard InChI is InChI=1S/C15H17N3O6/c1-16-15(22)17-12(19)8-24-14(21)6-7-18-10-4-2-3-5-11(10)23-9-13(18)20/h2-5H,6-9H2,1H3,(H2,16,17,19,22). The van der Waals surface area contributed by atoms with Gasteiger partial charge in [-0.1, -0.05) is 12.1 Å². The number of fused-ring (bicyclic) bond motifs is 1. The molecule has 0 saturated carbocycles. The highest BCUT2D eigenvalue weighted by Crippen LogP contribution is 2.31. The Hall–Kier alpha value is -3.10. The first kappa shape index (κ1) is 17.3. The minimum Gasteiger partial charge on any atom is -0.482 e. The number of nitrogens with one attached hydrogen (secondary N) is 2. The summed E-state index contributed by atoms with van der Waals surface area (Å²) >= 11 is 0. The molecule has 24 heavy (non-hydrogen) atoms. The third kappa shape index (κ3) is 4.45. The van der Waals surface area contributed by atoms with Crippen LogP contribution in [-0.4, -0.2) is 50.6 Å². The van der Waals surface area contributed by atoms with Crippen molar-refractivity contribution >= 4 is 29.5 Å². The van der Waals surface area contributed by atoms with Crippen LogP contribution < -0.4 is 20.3 Å². The molecule has 1 heterocycles. The number of rotatable bonds is 5. The van der Waals surface area contributed by atoms with Gasteiger partial charge in [-0.2, -0.15) is 0 Å². The summed E-state index contributed by atoms with van der Waals surface area (Å²) in [5.41, 5.74) is 0.582. The molecule has 0 atom stereocenters. The lowest BCUT2D eigenvalue weighted by molar-refractivity contribution is -0.148. The maximum absolute atomic E-state index is 11.9. The minimum atomic E-state index is -0.740. The molecule has 1 aromatic rings. The highest BCUT2D eigenvalue weighted by Gasteiger charge is 2.25. The average molecular weight is 335 g/mol. The third-order valence-electron chi connectivity index (χ3n) is 3.19. The summed E-state index contributed by atoms with van der Waals surface area (Å²) in [4.78, 5) is 47.3. The van der Waals surface area contributed by atoms with Crippen LogP contribution in [-0.2, 0) is 19.1 Å². The molecule has 0 aromatic heterocycles.